The smallest absolute Gasteiger partial charge is 0.244 e. The summed E-state index contributed by atoms with van der Waals surface area (Å²) in [5.41, 5.74) is 0.856. The lowest BCUT2D eigenvalue weighted by molar-refractivity contribution is -0.137. The highest BCUT2D eigenvalue weighted by Crippen LogP contribution is 2.28. The number of nitrogens with zero attached hydrogens (tertiary/aromatic N) is 2. The quantitative estimate of drug-likeness (QED) is 0.737. The molecule has 29 heavy (non-hydrogen) atoms. The molecule has 0 aliphatic carbocycles. The molecule has 0 saturated carbocycles. The second kappa shape index (κ2) is 9.09. The molecule has 3 rings (SSSR count). The number of amides is 3. The first-order chi connectivity index (χ1) is 13.9. The number of nitrogens with one attached hydrogen (secondary N) is 1. The van der Waals surface area contributed by atoms with Gasteiger partial charge < -0.3 is 15.1 Å². The van der Waals surface area contributed by atoms with E-state index in [0.29, 0.717) is 5.69 Å². The maximum absolute atomic E-state index is 14.0. The summed E-state index contributed by atoms with van der Waals surface area (Å²) in [7, 11) is 1.53. The Kier molecular flexibility index (Phi) is 6.53. The highest BCUT2D eigenvalue weighted by atomic mass is 32.2. The second-order valence-electron chi connectivity index (χ2n) is 6.80. The van der Waals surface area contributed by atoms with Gasteiger partial charge in [-0.1, -0.05) is 24.3 Å². The number of rotatable bonds is 6. The molecule has 1 saturated heterocycles. The Morgan fingerprint density at radius 2 is 1.90 bits per heavy atom. The predicted octanol–water partition coefficient (Wildman–Crippen LogP) is 3.00. The molecule has 1 heterocycles. The number of carbonyl (C=O) groups is 3. The van der Waals surface area contributed by atoms with E-state index in [2.05, 4.69) is 5.32 Å². The van der Waals surface area contributed by atoms with Crippen LogP contribution in [0.4, 0.5) is 15.8 Å². The Bertz CT molecular complexity index is 937. The molecule has 8 heteroatoms. The van der Waals surface area contributed by atoms with Crippen molar-refractivity contribution in [1.82, 2.24) is 4.90 Å². The van der Waals surface area contributed by atoms with Crippen molar-refractivity contribution < 1.29 is 18.8 Å². The molecule has 0 radical (unpaired) electrons. The van der Waals surface area contributed by atoms with Crippen molar-refractivity contribution in [3.8, 4) is 0 Å². The van der Waals surface area contributed by atoms with Crippen LogP contribution in [0.25, 0.3) is 0 Å². The minimum absolute atomic E-state index is 0.00552. The van der Waals surface area contributed by atoms with E-state index in [-0.39, 0.29) is 42.9 Å². The molecule has 1 fully saturated rings. The number of hydrogen-bond donors (Lipinski definition) is 1. The van der Waals surface area contributed by atoms with Crippen LogP contribution in [0.3, 0.4) is 0 Å². The van der Waals surface area contributed by atoms with Gasteiger partial charge in [0.2, 0.25) is 17.7 Å². The maximum atomic E-state index is 14.0. The molecule has 0 unspecified atom stereocenters. The zero-order chi connectivity index (χ0) is 21.0. The van der Waals surface area contributed by atoms with Crippen molar-refractivity contribution in [2.75, 3.05) is 36.6 Å². The number of carbonyl (C=O) groups excluding carboxylic acids is 3. The van der Waals surface area contributed by atoms with Crippen LogP contribution in [0, 0.1) is 11.7 Å². The van der Waals surface area contributed by atoms with Crippen LogP contribution >= 0.6 is 11.8 Å². The summed E-state index contributed by atoms with van der Waals surface area (Å²) < 4.78 is 14.0. The minimum Gasteiger partial charge on any atom is -0.336 e. The summed E-state index contributed by atoms with van der Waals surface area (Å²) in [5, 5.41) is 2.81. The summed E-state index contributed by atoms with van der Waals surface area (Å²) in [5.74, 6) is -2.06. The van der Waals surface area contributed by atoms with Crippen LogP contribution in [-0.2, 0) is 14.4 Å². The van der Waals surface area contributed by atoms with E-state index in [1.807, 2.05) is 24.5 Å². The third-order valence-electron chi connectivity index (χ3n) is 4.76. The molecule has 152 valence electrons. The van der Waals surface area contributed by atoms with E-state index in [1.165, 1.54) is 40.7 Å². The SMILES string of the molecule is CSc1ccccc1NC(=O)CN(C)C(=O)[C@H]1CC(=O)N(c2ccccc2F)C1. The lowest BCUT2D eigenvalue weighted by atomic mass is 10.1. The van der Waals surface area contributed by atoms with Crippen molar-refractivity contribution in [3.05, 3.63) is 54.3 Å². The molecule has 3 amide bonds. The van der Waals surface area contributed by atoms with Crippen LogP contribution < -0.4 is 10.2 Å². The van der Waals surface area contributed by atoms with Gasteiger partial charge in [-0.05, 0) is 30.5 Å². The zero-order valence-electron chi connectivity index (χ0n) is 16.2. The van der Waals surface area contributed by atoms with Crippen molar-refractivity contribution in [2.45, 2.75) is 11.3 Å². The summed E-state index contributed by atoms with van der Waals surface area (Å²) in [6.07, 6.45) is 1.91. The fraction of sp³-hybridized carbons (Fsp3) is 0.286. The van der Waals surface area contributed by atoms with Gasteiger partial charge in [-0.2, -0.15) is 0 Å². The number of thioether (sulfide) groups is 1. The van der Waals surface area contributed by atoms with Gasteiger partial charge in [0.05, 0.1) is 23.8 Å². The van der Waals surface area contributed by atoms with Gasteiger partial charge in [-0.25, -0.2) is 4.39 Å². The topological polar surface area (TPSA) is 69.7 Å². The van der Waals surface area contributed by atoms with Gasteiger partial charge in [-0.15, -0.1) is 11.8 Å². The molecule has 6 nitrogen and oxygen atoms in total. The van der Waals surface area contributed by atoms with Crippen LogP contribution in [0.5, 0.6) is 0 Å². The van der Waals surface area contributed by atoms with Crippen molar-refractivity contribution in [1.29, 1.82) is 0 Å². The molecule has 0 spiro atoms. The lowest BCUT2D eigenvalue weighted by Gasteiger charge is -2.21. The van der Waals surface area contributed by atoms with Gasteiger partial charge in [-0.3, -0.25) is 14.4 Å². The Morgan fingerprint density at radius 1 is 1.21 bits per heavy atom. The van der Waals surface area contributed by atoms with Crippen LogP contribution in [0.2, 0.25) is 0 Å². The number of para-hydroxylation sites is 2. The third kappa shape index (κ3) is 4.76. The normalized spacial score (nSPS) is 16.0. The monoisotopic (exact) mass is 415 g/mol. The number of halogens is 1. The second-order valence-corrected chi connectivity index (χ2v) is 7.65. The molecule has 1 atom stereocenters. The average Bonchev–Trinajstić information content (AvgIpc) is 3.09. The first-order valence-corrected chi connectivity index (χ1v) is 10.4. The minimum atomic E-state index is -0.613. The predicted molar refractivity (Wildman–Crippen MR) is 111 cm³/mol. The Labute approximate surface area is 173 Å². The summed E-state index contributed by atoms with van der Waals surface area (Å²) >= 11 is 1.51. The molecule has 2 aromatic rings. The standard InChI is InChI=1S/C21H22FN3O3S/c1-24(13-19(26)23-16-8-4-6-10-18(16)29-2)21(28)14-11-20(27)25(12-14)17-9-5-3-7-15(17)22/h3-10,14H,11-13H2,1-2H3,(H,23,26)/t14-/m0/s1. The van der Waals surface area contributed by atoms with Crippen LogP contribution in [0.15, 0.2) is 53.4 Å². The van der Waals surface area contributed by atoms with E-state index in [4.69, 9.17) is 0 Å². The van der Waals surface area contributed by atoms with E-state index in [0.717, 1.165) is 4.90 Å². The summed E-state index contributed by atoms with van der Waals surface area (Å²) in [6, 6.07) is 13.4. The molecular weight excluding hydrogens is 393 g/mol. The van der Waals surface area contributed by atoms with Gasteiger partial charge in [0.1, 0.15) is 5.82 Å². The highest BCUT2D eigenvalue weighted by Gasteiger charge is 2.37. The van der Waals surface area contributed by atoms with Gasteiger partial charge in [0, 0.05) is 24.9 Å². The van der Waals surface area contributed by atoms with Crippen molar-refractivity contribution in [3.63, 3.8) is 0 Å². The van der Waals surface area contributed by atoms with Gasteiger partial charge in [0.15, 0.2) is 0 Å². The lowest BCUT2D eigenvalue weighted by Crippen LogP contribution is -2.39. The molecule has 0 aromatic heterocycles. The summed E-state index contributed by atoms with van der Waals surface area (Å²) in [4.78, 5) is 40.9. The Balaban J connectivity index is 1.61. The van der Waals surface area contributed by atoms with Gasteiger partial charge in [0.25, 0.3) is 0 Å². The summed E-state index contributed by atoms with van der Waals surface area (Å²) in [6.45, 7) is -0.0359. The van der Waals surface area contributed by atoms with E-state index < -0.39 is 11.7 Å². The van der Waals surface area contributed by atoms with Gasteiger partial charge >= 0.3 is 0 Å². The van der Waals surface area contributed by atoms with Crippen molar-refractivity contribution >= 4 is 40.9 Å². The van der Waals surface area contributed by atoms with Crippen molar-refractivity contribution in [2.24, 2.45) is 5.92 Å². The molecule has 1 aliphatic rings. The highest BCUT2D eigenvalue weighted by molar-refractivity contribution is 7.98. The molecule has 0 bridgehead atoms. The molecule has 2 aromatic carbocycles. The number of hydrogen-bond acceptors (Lipinski definition) is 4. The number of benzene rings is 2. The Hall–Kier alpha value is -2.87. The fourth-order valence-electron chi connectivity index (χ4n) is 3.32. The molecule has 1 N–H and O–H groups in total. The fourth-order valence-corrected chi connectivity index (χ4v) is 3.87. The molecular formula is C21H22FN3O3S. The number of anilines is 2. The van der Waals surface area contributed by atoms with Crippen LogP contribution in [0.1, 0.15) is 6.42 Å². The maximum Gasteiger partial charge on any atom is 0.244 e. The average molecular weight is 415 g/mol. The first-order valence-electron chi connectivity index (χ1n) is 9.13. The van der Waals surface area contributed by atoms with E-state index in [9.17, 15) is 18.8 Å². The third-order valence-corrected chi connectivity index (χ3v) is 5.55. The molecule has 1 aliphatic heterocycles. The zero-order valence-corrected chi connectivity index (χ0v) is 17.0. The first kappa shape index (κ1) is 20.9. The van der Waals surface area contributed by atoms with E-state index in [1.54, 1.807) is 18.2 Å². The largest absolute Gasteiger partial charge is 0.336 e. The van der Waals surface area contributed by atoms with E-state index >= 15 is 0 Å². The van der Waals surface area contributed by atoms with Crippen LogP contribution in [-0.4, -0.2) is 49.0 Å². The Morgan fingerprint density at radius 3 is 2.62 bits per heavy atom. The number of likely N-dealkylation sites (N-methyl/N-ethyl adjacent to an activating group) is 1.